The van der Waals surface area contributed by atoms with Gasteiger partial charge in [0.1, 0.15) is 0 Å². The fourth-order valence-electron chi connectivity index (χ4n) is 2.24. The highest BCUT2D eigenvalue weighted by Gasteiger charge is 2.07. The Labute approximate surface area is 115 Å². The van der Waals surface area contributed by atoms with Gasteiger partial charge in [-0.15, -0.1) is 0 Å². The van der Waals surface area contributed by atoms with Crippen LogP contribution in [0.1, 0.15) is 17.5 Å². The van der Waals surface area contributed by atoms with Gasteiger partial charge >= 0.3 is 0 Å². The molecule has 0 aliphatic rings. The van der Waals surface area contributed by atoms with E-state index in [2.05, 4.69) is 55.2 Å². The van der Waals surface area contributed by atoms with Crippen molar-refractivity contribution in [3.63, 3.8) is 0 Å². The Bertz CT molecular complexity index is 564. The first-order valence-corrected chi connectivity index (χ1v) is 6.69. The predicted molar refractivity (Wildman–Crippen MR) is 79.9 cm³/mol. The van der Waals surface area contributed by atoms with Crippen LogP contribution in [0, 0.1) is 6.92 Å². The summed E-state index contributed by atoms with van der Waals surface area (Å²) in [6.07, 6.45) is 2.11. The SMILES string of the molecule is COc1nc2cc(C)ccc2cc1CCCN(C)C. The van der Waals surface area contributed by atoms with Crippen LogP contribution >= 0.6 is 0 Å². The van der Waals surface area contributed by atoms with E-state index in [1.54, 1.807) is 7.11 Å². The molecule has 0 aliphatic carbocycles. The number of rotatable bonds is 5. The van der Waals surface area contributed by atoms with E-state index in [-0.39, 0.29) is 0 Å². The van der Waals surface area contributed by atoms with Crippen molar-refractivity contribution in [1.29, 1.82) is 0 Å². The molecule has 0 saturated carbocycles. The third-order valence-electron chi connectivity index (χ3n) is 3.26. The number of aromatic nitrogens is 1. The second-order valence-electron chi connectivity index (χ2n) is 5.26. The summed E-state index contributed by atoms with van der Waals surface area (Å²) in [5.41, 5.74) is 3.43. The minimum atomic E-state index is 0.761. The van der Waals surface area contributed by atoms with Crippen LogP contribution in [0.15, 0.2) is 24.3 Å². The van der Waals surface area contributed by atoms with Crippen LogP contribution in [0.3, 0.4) is 0 Å². The molecule has 3 heteroatoms. The Morgan fingerprint density at radius 2 is 2.00 bits per heavy atom. The summed E-state index contributed by atoms with van der Waals surface area (Å²) in [6.45, 7) is 3.16. The average molecular weight is 258 g/mol. The van der Waals surface area contributed by atoms with Crippen LogP contribution in [0.25, 0.3) is 10.9 Å². The largest absolute Gasteiger partial charge is 0.481 e. The molecule has 1 aromatic heterocycles. The summed E-state index contributed by atoms with van der Waals surface area (Å²) < 4.78 is 5.43. The Morgan fingerprint density at radius 3 is 2.68 bits per heavy atom. The first-order chi connectivity index (χ1) is 9.10. The van der Waals surface area contributed by atoms with Crippen LogP contribution in [0.5, 0.6) is 5.88 Å². The van der Waals surface area contributed by atoms with Crippen LogP contribution in [0.2, 0.25) is 0 Å². The number of nitrogens with zero attached hydrogens (tertiary/aromatic N) is 2. The summed E-state index contributed by atoms with van der Waals surface area (Å²) in [5, 5.41) is 1.19. The maximum absolute atomic E-state index is 5.43. The van der Waals surface area contributed by atoms with E-state index in [0.29, 0.717) is 0 Å². The molecule has 0 bridgehead atoms. The quantitative estimate of drug-likeness (QED) is 0.824. The summed E-state index contributed by atoms with van der Waals surface area (Å²) >= 11 is 0. The molecule has 0 atom stereocenters. The number of hydrogen-bond acceptors (Lipinski definition) is 3. The highest BCUT2D eigenvalue weighted by Crippen LogP contribution is 2.24. The molecule has 1 heterocycles. The number of pyridine rings is 1. The molecule has 102 valence electrons. The molecule has 2 rings (SSSR count). The molecular weight excluding hydrogens is 236 g/mol. The summed E-state index contributed by atoms with van der Waals surface area (Å²) in [4.78, 5) is 6.82. The Kier molecular flexibility index (Phi) is 4.38. The van der Waals surface area contributed by atoms with Gasteiger partial charge in [0.15, 0.2) is 0 Å². The van der Waals surface area contributed by atoms with Crippen molar-refractivity contribution in [3.8, 4) is 5.88 Å². The lowest BCUT2D eigenvalue weighted by Crippen LogP contribution is -2.13. The van der Waals surface area contributed by atoms with Gasteiger partial charge in [0.2, 0.25) is 5.88 Å². The van der Waals surface area contributed by atoms with Crippen molar-refractivity contribution in [3.05, 3.63) is 35.4 Å². The van der Waals surface area contributed by atoms with Crippen molar-refractivity contribution in [1.82, 2.24) is 9.88 Å². The first kappa shape index (κ1) is 13.8. The minimum absolute atomic E-state index is 0.761. The molecule has 0 N–H and O–H groups in total. The molecular formula is C16H22N2O. The topological polar surface area (TPSA) is 25.4 Å². The number of fused-ring (bicyclic) bond motifs is 1. The van der Waals surface area contributed by atoms with Crippen molar-refractivity contribution in [2.45, 2.75) is 19.8 Å². The molecule has 3 nitrogen and oxygen atoms in total. The van der Waals surface area contributed by atoms with Gasteiger partial charge in [-0.2, -0.15) is 0 Å². The van der Waals surface area contributed by atoms with E-state index >= 15 is 0 Å². The van der Waals surface area contributed by atoms with Gasteiger partial charge in [0, 0.05) is 10.9 Å². The van der Waals surface area contributed by atoms with E-state index in [1.807, 2.05) is 0 Å². The number of ether oxygens (including phenoxy) is 1. The van der Waals surface area contributed by atoms with E-state index in [4.69, 9.17) is 4.74 Å². The van der Waals surface area contributed by atoms with Gasteiger partial charge in [0.05, 0.1) is 12.6 Å². The zero-order valence-corrected chi connectivity index (χ0v) is 12.2. The maximum Gasteiger partial charge on any atom is 0.216 e. The molecule has 0 aliphatic heterocycles. The standard InChI is InChI=1S/C16H22N2O/c1-12-7-8-13-11-14(6-5-9-18(2)3)16(19-4)17-15(13)10-12/h7-8,10-11H,5-6,9H2,1-4H3. The Morgan fingerprint density at radius 1 is 1.21 bits per heavy atom. The zero-order chi connectivity index (χ0) is 13.8. The maximum atomic E-state index is 5.43. The second kappa shape index (κ2) is 6.02. The van der Waals surface area contributed by atoms with E-state index in [9.17, 15) is 0 Å². The number of hydrogen-bond donors (Lipinski definition) is 0. The normalized spacial score (nSPS) is 11.2. The van der Waals surface area contributed by atoms with Gasteiger partial charge in [-0.05, 0) is 58.1 Å². The lowest BCUT2D eigenvalue weighted by atomic mass is 10.1. The monoisotopic (exact) mass is 258 g/mol. The highest BCUT2D eigenvalue weighted by atomic mass is 16.5. The Balaban J connectivity index is 2.29. The molecule has 2 aromatic rings. The molecule has 0 fully saturated rings. The van der Waals surface area contributed by atoms with Gasteiger partial charge in [0.25, 0.3) is 0 Å². The third kappa shape index (κ3) is 3.44. The summed E-state index contributed by atoms with van der Waals surface area (Å²) in [6, 6.07) is 8.56. The number of aryl methyl sites for hydroxylation is 2. The fraction of sp³-hybridized carbons (Fsp3) is 0.438. The first-order valence-electron chi connectivity index (χ1n) is 6.69. The van der Waals surface area contributed by atoms with Gasteiger partial charge in [-0.1, -0.05) is 12.1 Å². The molecule has 0 amide bonds. The van der Waals surface area contributed by atoms with Crippen molar-refractivity contribution >= 4 is 10.9 Å². The molecule has 0 radical (unpaired) electrons. The lowest BCUT2D eigenvalue weighted by Gasteiger charge is -2.12. The van der Waals surface area contributed by atoms with Gasteiger partial charge < -0.3 is 9.64 Å². The third-order valence-corrected chi connectivity index (χ3v) is 3.26. The van der Waals surface area contributed by atoms with Crippen molar-refractivity contribution in [2.75, 3.05) is 27.7 Å². The van der Waals surface area contributed by atoms with Crippen molar-refractivity contribution < 1.29 is 4.74 Å². The van der Waals surface area contributed by atoms with Crippen LogP contribution in [-0.2, 0) is 6.42 Å². The zero-order valence-electron chi connectivity index (χ0n) is 12.2. The molecule has 1 aromatic carbocycles. The number of methoxy groups -OCH3 is 1. The summed E-state index contributed by atoms with van der Waals surface area (Å²) in [7, 11) is 5.89. The van der Waals surface area contributed by atoms with Crippen LogP contribution in [-0.4, -0.2) is 37.6 Å². The van der Waals surface area contributed by atoms with Crippen LogP contribution in [0.4, 0.5) is 0 Å². The Hall–Kier alpha value is -1.61. The van der Waals surface area contributed by atoms with Crippen LogP contribution < -0.4 is 4.74 Å². The van der Waals surface area contributed by atoms with Gasteiger partial charge in [-0.25, -0.2) is 4.98 Å². The molecule has 0 saturated heterocycles. The number of benzene rings is 1. The molecule has 0 unspecified atom stereocenters. The highest BCUT2D eigenvalue weighted by molar-refractivity contribution is 5.80. The summed E-state index contributed by atoms with van der Waals surface area (Å²) in [5.74, 6) is 0.761. The van der Waals surface area contributed by atoms with E-state index in [0.717, 1.165) is 30.8 Å². The predicted octanol–water partition coefficient (Wildman–Crippen LogP) is 3.05. The van der Waals surface area contributed by atoms with Crippen molar-refractivity contribution in [2.24, 2.45) is 0 Å². The van der Waals surface area contributed by atoms with E-state index < -0.39 is 0 Å². The van der Waals surface area contributed by atoms with E-state index in [1.165, 1.54) is 16.5 Å². The van der Waals surface area contributed by atoms with Gasteiger partial charge in [-0.3, -0.25) is 0 Å². The second-order valence-corrected chi connectivity index (χ2v) is 5.26. The fourth-order valence-corrected chi connectivity index (χ4v) is 2.24. The minimum Gasteiger partial charge on any atom is -0.481 e. The lowest BCUT2D eigenvalue weighted by molar-refractivity contribution is 0.383. The molecule has 19 heavy (non-hydrogen) atoms. The smallest absolute Gasteiger partial charge is 0.216 e. The average Bonchev–Trinajstić information content (AvgIpc) is 2.37. The molecule has 0 spiro atoms.